The fourth-order valence-electron chi connectivity index (χ4n) is 0.936. The zero-order valence-corrected chi connectivity index (χ0v) is 13.0. The van der Waals surface area contributed by atoms with E-state index in [1.807, 2.05) is 0 Å². The summed E-state index contributed by atoms with van der Waals surface area (Å²) in [5.41, 5.74) is 0. The molecule has 0 amide bonds. The van der Waals surface area contributed by atoms with Gasteiger partial charge in [0.1, 0.15) is 0 Å². The molecule has 0 aromatic heterocycles. The van der Waals surface area contributed by atoms with Gasteiger partial charge in [-0.2, -0.15) is 0 Å². The minimum absolute atomic E-state index is 0.0923. The van der Waals surface area contributed by atoms with Crippen LogP contribution in [-0.2, 0) is 32.6 Å². The van der Waals surface area contributed by atoms with Gasteiger partial charge in [0, 0.05) is 25.5 Å². The quantitative estimate of drug-likeness (QED) is 0.356. The predicted octanol–water partition coefficient (Wildman–Crippen LogP) is 1.69. The fourth-order valence-corrected chi connectivity index (χ4v) is 2.01. The number of ether oxygens (including phenoxy) is 4. The van der Waals surface area contributed by atoms with Crippen LogP contribution in [0, 0.1) is 0 Å². The van der Waals surface area contributed by atoms with Gasteiger partial charge in [-0.05, 0) is 0 Å². The third kappa shape index (κ3) is 14.5. The van der Waals surface area contributed by atoms with Crippen LogP contribution in [-0.4, -0.2) is 67.1 Å². The maximum Gasteiger partial charge on any atom is 0.424 e. The molecule has 0 aromatic rings. The molecule has 0 aromatic carbocycles. The van der Waals surface area contributed by atoms with Crippen LogP contribution in [0.3, 0.4) is 0 Å². The van der Waals surface area contributed by atoms with Crippen molar-refractivity contribution < 1.29 is 32.6 Å². The molecule has 0 saturated heterocycles. The molecule has 0 radical (unpaired) electrons. The number of halogens is 1. The maximum absolute atomic E-state index is 11.6. The highest BCUT2D eigenvalue weighted by atomic mass is 35.7. The number of methoxy groups -OCH3 is 2. The van der Waals surface area contributed by atoms with Crippen LogP contribution in [0.1, 0.15) is 0 Å². The number of hydrogen-bond acceptors (Lipinski definition) is 7. The van der Waals surface area contributed by atoms with Crippen LogP contribution >= 0.6 is 18.2 Å². The van der Waals surface area contributed by atoms with Gasteiger partial charge in [0.25, 0.3) is 0 Å². The Bertz CT molecular complexity index is 222. The molecule has 0 bridgehead atoms. The Morgan fingerprint density at radius 2 is 1.11 bits per heavy atom. The molecule has 7 nitrogen and oxygen atoms in total. The van der Waals surface area contributed by atoms with Gasteiger partial charge in [-0.1, -0.05) is 0 Å². The van der Waals surface area contributed by atoms with E-state index in [0.717, 1.165) is 0 Å². The minimum atomic E-state index is -3.55. The molecule has 0 saturated carbocycles. The standard InChI is InChI=1S/C10H22ClO7P/c1-13-3-5-15-7-9-17-19(11,12)18-10-8-16-6-4-14-2/h3-10H2,1-2H3. The lowest BCUT2D eigenvalue weighted by Gasteiger charge is -2.12. The molecule has 19 heavy (non-hydrogen) atoms. The van der Waals surface area contributed by atoms with E-state index in [1.165, 1.54) is 0 Å². The van der Waals surface area contributed by atoms with Gasteiger partial charge in [0.2, 0.25) is 0 Å². The van der Waals surface area contributed by atoms with Crippen LogP contribution in [0.25, 0.3) is 0 Å². The van der Waals surface area contributed by atoms with Crippen molar-refractivity contribution in [2.24, 2.45) is 0 Å². The molecule has 0 aliphatic rings. The second-order valence-corrected chi connectivity index (χ2v) is 5.93. The SMILES string of the molecule is COCCOCCOP(=O)(Cl)OCCOCCOC. The highest BCUT2D eigenvalue weighted by molar-refractivity contribution is 7.81. The van der Waals surface area contributed by atoms with Crippen molar-refractivity contribution in [1.29, 1.82) is 0 Å². The van der Waals surface area contributed by atoms with Crippen molar-refractivity contribution in [1.82, 2.24) is 0 Å². The van der Waals surface area contributed by atoms with Crippen molar-refractivity contribution in [3.8, 4) is 0 Å². The van der Waals surface area contributed by atoms with Crippen LogP contribution in [0.5, 0.6) is 0 Å². The van der Waals surface area contributed by atoms with Crippen molar-refractivity contribution in [2.45, 2.75) is 0 Å². The number of rotatable bonds is 14. The summed E-state index contributed by atoms with van der Waals surface area (Å²) in [6.45, 7) is -0.948. The summed E-state index contributed by atoms with van der Waals surface area (Å²) < 4.78 is 41.1. The second-order valence-electron chi connectivity index (χ2n) is 3.31. The second kappa shape index (κ2) is 13.3. The van der Waals surface area contributed by atoms with Gasteiger partial charge < -0.3 is 18.9 Å². The van der Waals surface area contributed by atoms with E-state index in [9.17, 15) is 4.57 Å². The first kappa shape index (κ1) is 19.3. The van der Waals surface area contributed by atoms with E-state index < -0.39 is 6.95 Å². The Labute approximate surface area is 118 Å². The van der Waals surface area contributed by atoms with Crippen LogP contribution in [0.15, 0.2) is 0 Å². The summed E-state index contributed by atoms with van der Waals surface area (Å²) in [4.78, 5) is 0. The van der Waals surface area contributed by atoms with Crippen LogP contribution in [0.4, 0.5) is 0 Å². The minimum Gasteiger partial charge on any atom is -0.382 e. The normalized spacial score (nSPS) is 11.9. The molecular formula is C10H22ClO7P. The third-order valence-corrected chi connectivity index (χ3v) is 3.38. The molecule has 0 aliphatic carbocycles. The van der Waals surface area contributed by atoms with Gasteiger partial charge in [-0.15, -0.1) is 0 Å². The molecule has 0 atom stereocenters. The Morgan fingerprint density at radius 1 is 0.737 bits per heavy atom. The lowest BCUT2D eigenvalue weighted by Crippen LogP contribution is -2.09. The average Bonchev–Trinajstić information content (AvgIpc) is 2.38. The molecule has 0 rings (SSSR count). The van der Waals surface area contributed by atoms with Gasteiger partial charge >= 0.3 is 6.95 Å². The van der Waals surface area contributed by atoms with Crippen molar-refractivity contribution in [3.63, 3.8) is 0 Å². The Kier molecular flexibility index (Phi) is 13.5. The molecule has 9 heteroatoms. The van der Waals surface area contributed by atoms with E-state index in [4.69, 9.17) is 39.2 Å². The summed E-state index contributed by atoms with van der Waals surface area (Å²) in [5, 5.41) is 0. The van der Waals surface area contributed by atoms with Crippen molar-refractivity contribution >= 4 is 18.2 Å². The van der Waals surface area contributed by atoms with Crippen LogP contribution < -0.4 is 0 Å². The highest BCUT2D eigenvalue weighted by Crippen LogP contribution is 2.53. The van der Waals surface area contributed by atoms with E-state index in [1.54, 1.807) is 14.2 Å². The van der Waals surface area contributed by atoms with Crippen molar-refractivity contribution in [2.75, 3.05) is 67.1 Å². The predicted molar refractivity (Wildman–Crippen MR) is 70.8 cm³/mol. The molecule has 0 N–H and O–H groups in total. The first-order chi connectivity index (χ1) is 9.12. The molecule has 0 unspecified atom stereocenters. The van der Waals surface area contributed by atoms with E-state index in [2.05, 4.69) is 0 Å². The molecule has 116 valence electrons. The molecular weight excluding hydrogens is 299 g/mol. The smallest absolute Gasteiger partial charge is 0.382 e. The summed E-state index contributed by atoms with van der Waals surface area (Å²) >= 11 is 5.57. The summed E-state index contributed by atoms with van der Waals surface area (Å²) in [6.07, 6.45) is 0. The first-order valence-electron chi connectivity index (χ1n) is 5.84. The third-order valence-electron chi connectivity index (χ3n) is 1.81. The largest absolute Gasteiger partial charge is 0.424 e. The summed E-state index contributed by atoms with van der Waals surface area (Å²) in [5.74, 6) is 0. The molecule has 0 fully saturated rings. The molecule has 0 aliphatic heterocycles. The Balaban J connectivity index is 3.39. The van der Waals surface area contributed by atoms with Gasteiger partial charge in [-0.25, -0.2) is 4.57 Å². The molecule has 0 spiro atoms. The van der Waals surface area contributed by atoms with Gasteiger partial charge in [-0.3, -0.25) is 9.05 Å². The number of hydrogen-bond donors (Lipinski definition) is 0. The first-order valence-corrected chi connectivity index (χ1v) is 8.29. The lowest BCUT2D eigenvalue weighted by molar-refractivity contribution is 0.0426. The average molecular weight is 321 g/mol. The topological polar surface area (TPSA) is 72.5 Å². The van der Waals surface area contributed by atoms with Gasteiger partial charge in [0.15, 0.2) is 0 Å². The van der Waals surface area contributed by atoms with E-state index in [-0.39, 0.29) is 26.4 Å². The van der Waals surface area contributed by atoms with E-state index >= 15 is 0 Å². The van der Waals surface area contributed by atoms with Crippen molar-refractivity contribution in [3.05, 3.63) is 0 Å². The van der Waals surface area contributed by atoms with E-state index in [0.29, 0.717) is 26.4 Å². The fraction of sp³-hybridized carbons (Fsp3) is 1.00. The molecule has 0 heterocycles. The Morgan fingerprint density at radius 3 is 1.47 bits per heavy atom. The lowest BCUT2D eigenvalue weighted by atomic mass is 10.7. The highest BCUT2D eigenvalue weighted by Gasteiger charge is 2.20. The summed E-state index contributed by atoms with van der Waals surface area (Å²) in [6, 6.07) is 0. The van der Waals surface area contributed by atoms with Gasteiger partial charge in [0.05, 0.1) is 52.9 Å². The summed E-state index contributed by atoms with van der Waals surface area (Å²) in [7, 11) is 3.16. The Hall–Kier alpha value is 0.280. The zero-order valence-electron chi connectivity index (χ0n) is 11.3. The maximum atomic E-state index is 11.6. The zero-order chi connectivity index (χ0) is 14.4. The monoisotopic (exact) mass is 320 g/mol. The van der Waals surface area contributed by atoms with Crippen LogP contribution in [0.2, 0.25) is 0 Å².